The van der Waals surface area contributed by atoms with E-state index in [-0.39, 0.29) is 0 Å². The fourth-order valence-electron chi connectivity index (χ4n) is 1.81. The SMILES string of the molecule is CC1(C)CCN(c2ncc(CN)s2)C1. The van der Waals surface area contributed by atoms with E-state index in [1.165, 1.54) is 11.3 Å². The quantitative estimate of drug-likeness (QED) is 0.811. The first kappa shape index (κ1) is 9.93. The molecule has 0 radical (unpaired) electrons. The van der Waals surface area contributed by atoms with Crippen LogP contribution in [0, 0.1) is 5.41 Å². The molecule has 3 nitrogen and oxygen atoms in total. The Balaban J connectivity index is 2.09. The third kappa shape index (κ3) is 1.91. The van der Waals surface area contributed by atoms with Crippen molar-refractivity contribution in [3.63, 3.8) is 0 Å². The zero-order valence-corrected chi connectivity index (χ0v) is 9.60. The molecular formula is C10H17N3S. The molecule has 1 aromatic rings. The van der Waals surface area contributed by atoms with Gasteiger partial charge in [0.05, 0.1) is 0 Å². The van der Waals surface area contributed by atoms with Crippen molar-refractivity contribution in [1.29, 1.82) is 0 Å². The molecule has 14 heavy (non-hydrogen) atoms. The van der Waals surface area contributed by atoms with Crippen LogP contribution in [0.3, 0.4) is 0 Å². The second-order valence-electron chi connectivity index (χ2n) is 4.65. The molecule has 0 aromatic carbocycles. The zero-order chi connectivity index (χ0) is 10.2. The van der Waals surface area contributed by atoms with Gasteiger partial charge in [0.1, 0.15) is 0 Å². The van der Waals surface area contributed by atoms with Gasteiger partial charge in [-0.05, 0) is 11.8 Å². The first-order valence-electron chi connectivity index (χ1n) is 5.00. The fourth-order valence-corrected chi connectivity index (χ4v) is 2.63. The van der Waals surface area contributed by atoms with Gasteiger partial charge in [-0.15, -0.1) is 11.3 Å². The van der Waals surface area contributed by atoms with Gasteiger partial charge in [0.2, 0.25) is 0 Å². The van der Waals surface area contributed by atoms with E-state index in [2.05, 4.69) is 23.7 Å². The Kier molecular flexibility index (Phi) is 2.49. The molecule has 4 heteroatoms. The van der Waals surface area contributed by atoms with Crippen molar-refractivity contribution in [1.82, 2.24) is 4.98 Å². The minimum Gasteiger partial charge on any atom is -0.348 e. The summed E-state index contributed by atoms with van der Waals surface area (Å²) in [7, 11) is 0. The maximum Gasteiger partial charge on any atom is 0.185 e. The van der Waals surface area contributed by atoms with E-state index >= 15 is 0 Å². The highest BCUT2D eigenvalue weighted by atomic mass is 32.1. The molecule has 0 amide bonds. The molecular weight excluding hydrogens is 194 g/mol. The average molecular weight is 211 g/mol. The number of hydrogen-bond donors (Lipinski definition) is 1. The molecule has 1 aromatic heterocycles. The van der Waals surface area contributed by atoms with Gasteiger partial charge >= 0.3 is 0 Å². The molecule has 0 bridgehead atoms. The van der Waals surface area contributed by atoms with Gasteiger partial charge in [0.15, 0.2) is 5.13 Å². The summed E-state index contributed by atoms with van der Waals surface area (Å²) in [5.41, 5.74) is 6.01. The van der Waals surface area contributed by atoms with Crippen LogP contribution in [0.1, 0.15) is 25.1 Å². The Morgan fingerprint density at radius 2 is 2.43 bits per heavy atom. The molecule has 1 aliphatic heterocycles. The van der Waals surface area contributed by atoms with Crippen LogP contribution >= 0.6 is 11.3 Å². The summed E-state index contributed by atoms with van der Waals surface area (Å²) in [4.78, 5) is 7.93. The molecule has 0 saturated carbocycles. The van der Waals surface area contributed by atoms with E-state index in [9.17, 15) is 0 Å². The monoisotopic (exact) mass is 211 g/mol. The number of thiazole rings is 1. The number of anilines is 1. The molecule has 2 heterocycles. The first-order valence-corrected chi connectivity index (χ1v) is 5.82. The van der Waals surface area contributed by atoms with Gasteiger partial charge in [-0.3, -0.25) is 0 Å². The summed E-state index contributed by atoms with van der Waals surface area (Å²) in [5.74, 6) is 0. The van der Waals surface area contributed by atoms with Crippen LogP contribution in [0.25, 0.3) is 0 Å². The number of rotatable bonds is 2. The Labute approximate surface area is 88.9 Å². The molecule has 0 unspecified atom stereocenters. The highest BCUT2D eigenvalue weighted by Crippen LogP contribution is 2.34. The van der Waals surface area contributed by atoms with Gasteiger partial charge in [-0.1, -0.05) is 13.8 Å². The molecule has 78 valence electrons. The highest BCUT2D eigenvalue weighted by Gasteiger charge is 2.30. The van der Waals surface area contributed by atoms with Gasteiger partial charge < -0.3 is 10.6 Å². The highest BCUT2D eigenvalue weighted by molar-refractivity contribution is 7.15. The van der Waals surface area contributed by atoms with Gasteiger partial charge in [0.25, 0.3) is 0 Å². The standard InChI is InChI=1S/C10H17N3S/c1-10(2)3-4-13(7-10)9-12-6-8(5-11)14-9/h6H,3-5,7,11H2,1-2H3. The third-order valence-electron chi connectivity index (χ3n) is 2.69. The molecule has 0 spiro atoms. The van der Waals surface area contributed by atoms with Crippen molar-refractivity contribution >= 4 is 16.5 Å². The van der Waals surface area contributed by atoms with Crippen LogP contribution in [0.5, 0.6) is 0 Å². The largest absolute Gasteiger partial charge is 0.348 e. The number of nitrogens with two attached hydrogens (primary N) is 1. The number of aromatic nitrogens is 1. The summed E-state index contributed by atoms with van der Waals surface area (Å²) in [5, 5.41) is 1.14. The van der Waals surface area contributed by atoms with Crippen molar-refractivity contribution in [3.05, 3.63) is 11.1 Å². The second-order valence-corrected chi connectivity index (χ2v) is 5.74. The summed E-state index contributed by atoms with van der Waals surface area (Å²) in [6.45, 7) is 7.47. The van der Waals surface area contributed by atoms with Crippen LogP contribution in [-0.4, -0.2) is 18.1 Å². The van der Waals surface area contributed by atoms with Gasteiger partial charge in [0, 0.05) is 30.7 Å². The van der Waals surface area contributed by atoms with Crippen LogP contribution in [0.4, 0.5) is 5.13 Å². The van der Waals surface area contributed by atoms with E-state index in [0.717, 1.165) is 18.2 Å². The summed E-state index contributed by atoms with van der Waals surface area (Å²) < 4.78 is 0. The maximum absolute atomic E-state index is 5.57. The lowest BCUT2D eigenvalue weighted by Crippen LogP contribution is -2.22. The van der Waals surface area contributed by atoms with Crippen molar-refractivity contribution in [2.24, 2.45) is 11.1 Å². The van der Waals surface area contributed by atoms with Crippen molar-refractivity contribution < 1.29 is 0 Å². The Morgan fingerprint density at radius 3 is 2.93 bits per heavy atom. The molecule has 0 aliphatic carbocycles. The van der Waals surface area contributed by atoms with Crippen LogP contribution in [-0.2, 0) is 6.54 Å². The average Bonchev–Trinajstić information content (AvgIpc) is 2.70. The Hall–Kier alpha value is -0.610. The molecule has 2 N–H and O–H groups in total. The predicted octanol–water partition coefficient (Wildman–Crippen LogP) is 1.84. The van der Waals surface area contributed by atoms with E-state index in [4.69, 9.17) is 5.73 Å². The number of nitrogens with zero attached hydrogens (tertiary/aromatic N) is 2. The van der Waals surface area contributed by atoms with Crippen LogP contribution in [0.2, 0.25) is 0 Å². The van der Waals surface area contributed by atoms with Crippen molar-refractivity contribution in [3.8, 4) is 0 Å². The third-order valence-corrected chi connectivity index (χ3v) is 3.77. The van der Waals surface area contributed by atoms with Gasteiger partial charge in [-0.25, -0.2) is 4.98 Å². The summed E-state index contributed by atoms with van der Waals surface area (Å²) in [6, 6.07) is 0. The molecule has 1 aliphatic rings. The van der Waals surface area contributed by atoms with E-state index in [1.54, 1.807) is 11.3 Å². The van der Waals surface area contributed by atoms with E-state index in [0.29, 0.717) is 12.0 Å². The minimum absolute atomic E-state index is 0.439. The topological polar surface area (TPSA) is 42.2 Å². The van der Waals surface area contributed by atoms with Gasteiger partial charge in [-0.2, -0.15) is 0 Å². The fraction of sp³-hybridized carbons (Fsp3) is 0.700. The summed E-state index contributed by atoms with van der Waals surface area (Å²) >= 11 is 1.72. The Morgan fingerprint density at radius 1 is 1.64 bits per heavy atom. The molecule has 1 saturated heterocycles. The van der Waals surface area contributed by atoms with Crippen molar-refractivity contribution in [2.45, 2.75) is 26.8 Å². The maximum atomic E-state index is 5.57. The Bertz CT molecular complexity index is 319. The van der Waals surface area contributed by atoms with E-state index < -0.39 is 0 Å². The normalized spacial score (nSPS) is 20.4. The molecule has 0 atom stereocenters. The minimum atomic E-state index is 0.439. The lowest BCUT2D eigenvalue weighted by molar-refractivity contribution is 0.418. The van der Waals surface area contributed by atoms with Crippen LogP contribution in [0.15, 0.2) is 6.20 Å². The van der Waals surface area contributed by atoms with Crippen LogP contribution < -0.4 is 10.6 Å². The predicted molar refractivity (Wildman–Crippen MR) is 60.6 cm³/mol. The molecule has 2 rings (SSSR count). The lowest BCUT2D eigenvalue weighted by atomic mass is 9.93. The molecule has 1 fully saturated rings. The van der Waals surface area contributed by atoms with Crippen molar-refractivity contribution in [2.75, 3.05) is 18.0 Å². The first-order chi connectivity index (χ1) is 6.61. The smallest absolute Gasteiger partial charge is 0.185 e. The number of hydrogen-bond acceptors (Lipinski definition) is 4. The second kappa shape index (κ2) is 3.51. The zero-order valence-electron chi connectivity index (χ0n) is 8.79. The van der Waals surface area contributed by atoms with E-state index in [1.807, 2.05) is 6.20 Å². The lowest BCUT2D eigenvalue weighted by Gasteiger charge is -2.18. The summed E-state index contributed by atoms with van der Waals surface area (Å²) in [6.07, 6.45) is 3.15.